The van der Waals surface area contributed by atoms with E-state index in [-0.39, 0.29) is 29.1 Å². The van der Waals surface area contributed by atoms with Gasteiger partial charge in [-0.05, 0) is 104 Å². The SMILES string of the molecule is C[C@]12CCC3c4ccc(NS(=O)(=O)O)cc4CCC3(C=CCCCCC[C@H](O)C(F)(F)C(F)(F)F)C1CC[C@@H]2O. The molecular weight excluding hydrogens is 557 g/mol. The second-order valence-corrected chi connectivity index (χ2v) is 13.2. The monoisotopic (exact) mass is 595 g/mol. The van der Waals surface area contributed by atoms with Crippen molar-refractivity contribution < 1.29 is 45.1 Å². The van der Waals surface area contributed by atoms with Gasteiger partial charge in [0, 0.05) is 0 Å². The van der Waals surface area contributed by atoms with E-state index in [0.717, 1.165) is 43.2 Å². The van der Waals surface area contributed by atoms with Crippen molar-refractivity contribution in [3.8, 4) is 0 Å². The summed E-state index contributed by atoms with van der Waals surface area (Å²) in [4.78, 5) is 0. The summed E-state index contributed by atoms with van der Waals surface area (Å²) in [6.45, 7) is 2.15. The Balaban J connectivity index is 1.46. The highest BCUT2D eigenvalue weighted by atomic mass is 32.2. The number of halogens is 5. The fraction of sp³-hybridized carbons (Fsp3) is 0.714. The fourth-order valence-electron chi connectivity index (χ4n) is 7.69. The Morgan fingerprint density at radius 3 is 2.50 bits per heavy atom. The summed E-state index contributed by atoms with van der Waals surface area (Å²) in [6, 6.07) is 5.30. The quantitative estimate of drug-likeness (QED) is 0.106. The lowest BCUT2D eigenvalue weighted by Crippen LogP contribution is -2.50. The van der Waals surface area contributed by atoms with Crippen molar-refractivity contribution in [3.63, 3.8) is 0 Å². The normalized spacial score (nSPS) is 31.5. The van der Waals surface area contributed by atoms with Crippen LogP contribution in [0.1, 0.15) is 88.2 Å². The number of unbranched alkanes of at least 4 members (excludes halogenated alkanes) is 3. The van der Waals surface area contributed by atoms with Crippen molar-refractivity contribution in [1.29, 1.82) is 0 Å². The molecule has 4 N–H and O–H groups in total. The summed E-state index contributed by atoms with van der Waals surface area (Å²) in [6.07, 6.45) is 1.14. The molecule has 3 unspecified atom stereocenters. The molecule has 0 radical (unpaired) electrons. The maximum atomic E-state index is 13.2. The summed E-state index contributed by atoms with van der Waals surface area (Å²) in [5.74, 6) is -4.75. The first-order chi connectivity index (χ1) is 18.5. The highest BCUT2D eigenvalue weighted by molar-refractivity contribution is 7.87. The molecule has 0 aliphatic heterocycles. The van der Waals surface area contributed by atoms with E-state index in [4.69, 9.17) is 4.55 Å². The fourth-order valence-corrected chi connectivity index (χ4v) is 8.12. The Labute approximate surface area is 231 Å². The van der Waals surface area contributed by atoms with E-state index >= 15 is 0 Å². The smallest absolute Gasteiger partial charge is 0.393 e. The van der Waals surface area contributed by atoms with Gasteiger partial charge in [0.1, 0.15) is 6.10 Å². The maximum absolute atomic E-state index is 13.2. The number of aliphatic hydroxyl groups is 2. The largest absolute Gasteiger partial charge is 0.456 e. The van der Waals surface area contributed by atoms with Crippen molar-refractivity contribution in [3.05, 3.63) is 41.5 Å². The molecule has 1 aromatic carbocycles. The standard InChI is InChI=1S/C28H38F5NO5S/c1-25-15-13-21-20-9-8-19(34-40(37,38)39)17-18(20)12-16-26(21,22(25)10-11-23(25)35)14-6-4-2-3-5-7-24(36)27(29,30)28(31,32)33/h6,8-9,14,17,21-24,34-36H,2-5,7,10-13,15-16H2,1H3,(H,37,38,39)/t21?,22?,23-,24-,25-,26?/m0/s1. The average Bonchev–Trinajstić information content (AvgIpc) is 3.16. The Morgan fingerprint density at radius 1 is 1.10 bits per heavy atom. The molecule has 0 saturated heterocycles. The number of rotatable bonds is 10. The van der Waals surface area contributed by atoms with Crippen LogP contribution in [-0.4, -0.2) is 47.5 Å². The third-order valence-corrected chi connectivity index (χ3v) is 10.2. The zero-order valence-electron chi connectivity index (χ0n) is 22.4. The first-order valence-corrected chi connectivity index (χ1v) is 15.3. The number of nitrogens with one attached hydrogen (secondary N) is 1. The maximum Gasteiger partial charge on any atom is 0.456 e. The number of alkyl halides is 5. The molecule has 3 aliphatic rings. The summed E-state index contributed by atoms with van der Waals surface area (Å²) < 4.78 is 97.6. The first-order valence-electron chi connectivity index (χ1n) is 13.9. The molecule has 0 spiro atoms. The number of fused-ring (bicyclic) bond motifs is 5. The van der Waals surface area contributed by atoms with Crippen LogP contribution in [0.15, 0.2) is 30.4 Å². The van der Waals surface area contributed by atoms with Crippen molar-refractivity contribution in [2.24, 2.45) is 16.7 Å². The van der Waals surface area contributed by atoms with Gasteiger partial charge in [-0.15, -0.1) is 0 Å². The molecule has 40 heavy (non-hydrogen) atoms. The third-order valence-electron chi connectivity index (χ3n) is 9.72. The molecule has 0 bridgehead atoms. The van der Waals surface area contributed by atoms with Gasteiger partial charge in [0.25, 0.3) is 0 Å². The van der Waals surface area contributed by atoms with Crippen LogP contribution >= 0.6 is 0 Å². The van der Waals surface area contributed by atoms with Crippen LogP contribution in [0.5, 0.6) is 0 Å². The van der Waals surface area contributed by atoms with Crippen LogP contribution in [0, 0.1) is 16.7 Å². The number of aryl methyl sites for hydroxylation is 1. The van der Waals surface area contributed by atoms with Gasteiger partial charge in [0.05, 0.1) is 11.8 Å². The van der Waals surface area contributed by atoms with Crippen molar-refractivity contribution in [1.82, 2.24) is 0 Å². The highest BCUT2D eigenvalue weighted by Gasteiger charge is 2.62. The van der Waals surface area contributed by atoms with E-state index in [1.54, 1.807) is 12.1 Å². The minimum absolute atomic E-state index is 0.0502. The number of anilines is 1. The molecule has 1 aromatic rings. The van der Waals surface area contributed by atoms with Gasteiger partial charge in [-0.25, -0.2) is 0 Å². The zero-order chi connectivity index (χ0) is 29.6. The van der Waals surface area contributed by atoms with E-state index in [9.17, 15) is 40.6 Å². The Kier molecular flexibility index (Phi) is 8.69. The van der Waals surface area contributed by atoms with Crippen LogP contribution in [-0.2, 0) is 16.7 Å². The first kappa shape index (κ1) is 31.2. The highest BCUT2D eigenvalue weighted by Crippen LogP contribution is 2.67. The van der Waals surface area contributed by atoms with Gasteiger partial charge in [0.15, 0.2) is 0 Å². The van der Waals surface area contributed by atoms with Gasteiger partial charge in [-0.2, -0.15) is 30.4 Å². The minimum Gasteiger partial charge on any atom is -0.393 e. The van der Waals surface area contributed by atoms with E-state index < -0.39 is 41.0 Å². The number of allylic oxidation sites excluding steroid dienone is 2. The molecule has 0 heterocycles. The molecule has 226 valence electrons. The molecule has 3 aliphatic carbocycles. The molecule has 6 atom stereocenters. The minimum atomic E-state index is -5.78. The topological polar surface area (TPSA) is 107 Å². The Hall–Kier alpha value is -1.76. The van der Waals surface area contributed by atoms with E-state index in [1.807, 2.05) is 6.07 Å². The number of benzene rings is 1. The predicted octanol–water partition coefficient (Wildman–Crippen LogP) is 6.55. The molecule has 2 fully saturated rings. The summed E-state index contributed by atoms with van der Waals surface area (Å²) >= 11 is 0. The molecule has 0 aromatic heterocycles. The van der Waals surface area contributed by atoms with E-state index in [2.05, 4.69) is 23.8 Å². The van der Waals surface area contributed by atoms with E-state index in [0.29, 0.717) is 31.4 Å². The van der Waals surface area contributed by atoms with Crippen LogP contribution < -0.4 is 4.72 Å². The zero-order valence-corrected chi connectivity index (χ0v) is 23.2. The lowest BCUT2D eigenvalue weighted by Gasteiger charge is -2.57. The van der Waals surface area contributed by atoms with Gasteiger partial charge >= 0.3 is 22.4 Å². The van der Waals surface area contributed by atoms with Crippen LogP contribution in [0.4, 0.5) is 27.6 Å². The molecule has 0 amide bonds. The van der Waals surface area contributed by atoms with Crippen molar-refractivity contribution in [2.75, 3.05) is 4.72 Å². The number of hydrogen-bond acceptors (Lipinski definition) is 4. The van der Waals surface area contributed by atoms with Gasteiger partial charge < -0.3 is 10.2 Å². The Bertz CT molecular complexity index is 1210. The number of aliphatic hydroxyl groups excluding tert-OH is 2. The van der Waals surface area contributed by atoms with Gasteiger partial charge in [-0.3, -0.25) is 9.27 Å². The van der Waals surface area contributed by atoms with Crippen LogP contribution in [0.2, 0.25) is 0 Å². The third kappa shape index (κ3) is 5.91. The second-order valence-electron chi connectivity index (χ2n) is 12.0. The second kappa shape index (κ2) is 11.1. The predicted molar refractivity (Wildman–Crippen MR) is 140 cm³/mol. The average molecular weight is 596 g/mol. The lowest BCUT2D eigenvalue weighted by molar-refractivity contribution is -0.313. The van der Waals surface area contributed by atoms with Gasteiger partial charge in [-0.1, -0.05) is 38.0 Å². The number of hydrogen-bond donors (Lipinski definition) is 4. The molecule has 2 saturated carbocycles. The van der Waals surface area contributed by atoms with Crippen LogP contribution in [0.25, 0.3) is 0 Å². The summed E-state index contributed by atoms with van der Waals surface area (Å²) in [5, 5.41) is 20.2. The van der Waals surface area contributed by atoms with Crippen molar-refractivity contribution in [2.45, 2.75) is 108 Å². The molecule has 12 heteroatoms. The van der Waals surface area contributed by atoms with Gasteiger partial charge in [0.2, 0.25) is 0 Å². The summed E-state index contributed by atoms with van der Waals surface area (Å²) in [5.41, 5.74) is 1.96. The summed E-state index contributed by atoms with van der Waals surface area (Å²) in [7, 11) is -4.40. The molecule has 4 rings (SSSR count). The van der Waals surface area contributed by atoms with E-state index in [1.165, 1.54) is 0 Å². The van der Waals surface area contributed by atoms with Crippen molar-refractivity contribution >= 4 is 16.0 Å². The van der Waals surface area contributed by atoms with Crippen LogP contribution in [0.3, 0.4) is 0 Å². The lowest BCUT2D eigenvalue weighted by atomic mass is 9.47. The molecular formula is C28H38F5NO5S. The molecule has 6 nitrogen and oxygen atoms in total. The Morgan fingerprint density at radius 2 is 1.82 bits per heavy atom.